The molecule has 4 N–H and O–H groups in total. The summed E-state index contributed by atoms with van der Waals surface area (Å²) in [5.41, 5.74) is 5.86. The van der Waals surface area contributed by atoms with E-state index in [4.69, 9.17) is 15.5 Å². The SMILES string of the molecule is CCCCCCCCCCCCCC(N)CCP(=O)(O)O. The minimum absolute atomic E-state index is 0.0591. The molecule has 0 bridgehead atoms. The lowest BCUT2D eigenvalue weighted by Gasteiger charge is -2.11. The van der Waals surface area contributed by atoms with Crippen LogP contribution >= 0.6 is 7.60 Å². The van der Waals surface area contributed by atoms with E-state index in [1.54, 1.807) is 0 Å². The minimum Gasteiger partial charge on any atom is -0.328 e. The van der Waals surface area contributed by atoms with Crippen molar-refractivity contribution in [1.29, 1.82) is 0 Å². The molecule has 0 saturated heterocycles. The number of hydrogen-bond donors (Lipinski definition) is 3. The van der Waals surface area contributed by atoms with Gasteiger partial charge in [-0.2, -0.15) is 0 Å². The van der Waals surface area contributed by atoms with Gasteiger partial charge in [0.2, 0.25) is 0 Å². The Balaban J connectivity index is 3.19. The van der Waals surface area contributed by atoms with Crippen LogP contribution in [0.5, 0.6) is 0 Å². The summed E-state index contributed by atoms with van der Waals surface area (Å²) in [5.74, 6) is 0. The van der Waals surface area contributed by atoms with E-state index in [1.165, 1.54) is 64.2 Å². The third kappa shape index (κ3) is 18.1. The predicted molar refractivity (Wildman–Crippen MR) is 90.6 cm³/mol. The molecule has 1 atom stereocenters. The molecule has 0 saturated carbocycles. The molecule has 128 valence electrons. The van der Waals surface area contributed by atoms with Gasteiger partial charge in [-0.1, -0.05) is 77.6 Å². The van der Waals surface area contributed by atoms with E-state index < -0.39 is 7.60 Å². The van der Waals surface area contributed by atoms with Crippen LogP contribution in [-0.4, -0.2) is 22.0 Å². The first-order chi connectivity index (χ1) is 9.95. The van der Waals surface area contributed by atoms with E-state index in [0.717, 1.165) is 12.8 Å². The van der Waals surface area contributed by atoms with E-state index in [1.807, 2.05) is 0 Å². The molecule has 4 nitrogen and oxygen atoms in total. The molecule has 5 heteroatoms. The Morgan fingerprint density at radius 3 is 1.67 bits per heavy atom. The van der Waals surface area contributed by atoms with E-state index in [2.05, 4.69) is 6.92 Å². The predicted octanol–water partition coefficient (Wildman–Crippen LogP) is 4.58. The molecule has 0 fully saturated rings. The molecular formula is C16H36NO3P. The Morgan fingerprint density at radius 1 is 0.810 bits per heavy atom. The highest BCUT2D eigenvalue weighted by Crippen LogP contribution is 2.35. The molecule has 0 heterocycles. The van der Waals surface area contributed by atoms with Crippen LogP contribution in [0.2, 0.25) is 0 Å². The summed E-state index contributed by atoms with van der Waals surface area (Å²) in [6, 6.07) is -0.0591. The fourth-order valence-electron chi connectivity index (χ4n) is 2.55. The van der Waals surface area contributed by atoms with Crippen LogP contribution in [0.3, 0.4) is 0 Å². The van der Waals surface area contributed by atoms with E-state index in [-0.39, 0.29) is 12.2 Å². The largest absolute Gasteiger partial charge is 0.328 e. The van der Waals surface area contributed by atoms with Crippen LogP contribution in [0.4, 0.5) is 0 Å². The summed E-state index contributed by atoms with van der Waals surface area (Å²) in [4.78, 5) is 17.6. The molecule has 21 heavy (non-hydrogen) atoms. The smallest absolute Gasteiger partial charge is 0.325 e. The standard InChI is InChI=1S/C16H36NO3P/c1-2-3-4-5-6-7-8-9-10-11-12-13-16(17)14-15-21(18,19)20/h16H,2-15,17H2,1H3,(H2,18,19,20). The Hall–Kier alpha value is 0.110. The van der Waals surface area contributed by atoms with Gasteiger partial charge >= 0.3 is 7.60 Å². The van der Waals surface area contributed by atoms with Gasteiger partial charge in [0.05, 0.1) is 6.16 Å². The zero-order chi connectivity index (χ0) is 16.0. The van der Waals surface area contributed by atoms with Crippen molar-refractivity contribution in [1.82, 2.24) is 0 Å². The monoisotopic (exact) mass is 321 g/mol. The maximum absolute atomic E-state index is 10.7. The van der Waals surface area contributed by atoms with Crippen LogP contribution in [0.1, 0.15) is 90.4 Å². The molecule has 0 aromatic carbocycles. The maximum Gasteiger partial charge on any atom is 0.325 e. The lowest BCUT2D eigenvalue weighted by atomic mass is 10.0. The summed E-state index contributed by atoms with van der Waals surface area (Å²) in [6.45, 7) is 2.25. The van der Waals surface area contributed by atoms with Crippen molar-refractivity contribution in [2.75, 3.05) is 6.16 Å². The van der Waals surface area contributed by atoms with Crippen LogP contribution < -0.4 is 5.73 Å². The van der Waals surface area contributed by atoms with Crippen molar-refractivity contribution in [2.45, 2.75) is 96.4 Å². The number of unbranched alkanes of at least 4 members (excludes halogenated alkanes) is 10. The fourth-order valence-corrected chi connectivity index (χ4v) is 3.22. The highest BCUT2D eigenvalue weighted by atomic mass is 31.2. The Bertz CT molecular complexity index is 268. The average Bonchev–Trinajstić information content (AvgIpc) is 2.42. The van der Waals surface area contributed by atoms with Gasteiger partial charge in [0, 0.05) is 6.04 Å². The van der Waals surface area contributed by atoms with Crippen LogP contribution in [0, 0.1) is 0 Å². The highest BCUT2D eigenvalue weighted by Gasteiger charge is 2.14. The summed E-state index contributed by atoms with van der Waals surface area (Å²) >= 11 is 0. The zero-order valence-corrected chi connectivity index (χ0v) is 14.7. The minimum atomic E-state index is -3.87. The summed E-state index contributed by atoms with van der Waals surface area (Å²) in [6.07, 6.45) is 15.7. The molecular weight excluding hydrogens is 285 g/mol. The van der Waals surface area contributed by atoms with Gasteiger partial charge in [-0.05, 0) is 12.8 Å². The van der Waals surface area contributed by atoms with Gasteiger partial charge < -0.3 is 15.5 Å². The molecule has 0 aliphatic rings. The lowest BCUT2D eigenvalue weighted by Crippen LogP contribution is -2.21. The van der Waals surface area contributed by atoms with E-state index in [0.29, 0.717) is 6.42 Å². The van der Waals surface area contributed by atoms with Crippen LogP contribution in [0.25, 0.3) is 0 Å². The third-order valence-electron chi connectivity index (χ3n) is 3.97. The summed E-state index contributed by atoms with van der Waals surface area (Å²) in [5, 5.41) is 0. The molecule has 0 aliphatic carbocycles. The van der Waals surface area contributed by atoms with Crippen molar-refractivity contribution in [3.63, 3.8) is 0 Å². The fraction of sp³-hybridized carbons (Fsp3) is 1.00. The number of hydrogen-bond acceptors (Lipinski definition) is 2. The maximum atomic E-state index is 10.7. The number of nitrogens with two attached hydrogens (primary N) is 1. The van der Waals surface area contributed by atoms with E-state index >= 15 is 0 Å². The zero-order valence-electron chi connectivity index (χ0n) is 13.8. The molecule has 0 aromatic heterocycles. The Labute approximate surface area is 131 Å². The second-order valence-corrected chi connectivity index (χ2v) is 8.04. The first-order valence-electron chi connectivity index (χ1n) is 8.76. The molecule has 0 rings (SSSR count). The molecule has 0 aliphatic heterocycles. The van der Waals surface area contributed by atoms with Gasteiger partial charge in [-0.3, -0.25) is 4.57 Å². The van der Waals surface area contributed by atoms with Crippen molar-refractivity contribution < 1.29 is 14.4 Å². The highest BCUT2D eigenvalue weighted by molar-refractivity contribution is 7.51. The topological polar surface area (TPSA) is 83.6 Å². The Kier molecular flexibility index (Phi) is 13.8. The molecule has 0 aromatic rings. The van der Waals surface area contributed by atoms with Gasteiger partial charge in [0.15, 0.2) is 0 Å². The normalized spacial score (nSPS) is 13.5. The van der Waals surface area contributed by atoms with Crippen LogP contribution in [0.15, 0.2) is 0 Å². The van der Waals surface area contributed by atoms with Gasteiger partial charge in [-0.25, -0.2) is 0 Å². The second kappa shape index (κ2) is 13.8. The molecule has 0 radical (unpaired) electrons. The molecule has 1 unspecified atom stereocenters. The third-order valence-corrected chi connectivity index (χ3v) is 4.81. The van der Waals surface area contributed by atoms with Crippen molar-refractivity contribution in [3.05, 3.63) is 0 Å². The second-order valence-electron chi connectivity index (χ2n) is 6.26. The summed E-state index contributed by atoms with van der Waals surface area (Å²) < 4.78 is 10.7. The summed E-state index contributed by atoms with van der Waals surface area (Å²) in [7, 11) is -3.87. The lowest BCUT2D eigenvalue weighted by molar-refractivity contribution is 0.368. The van der Waals surface area contributed by atoms with Gasteiger partial charge in [0.1, 0.15) is 0 Å². The molecule has 0 spiro atoms. The van der Waals surface area contributed by atoms with Crippen molar-refractivity contribution in [2.24, 2.45) is 5.73 Å². The molecule has 0 amide bonds. The van der Waals surface area contributed by atoms with Gasteiger partial charge in [-0.15, -0.1) is 0 Å². The first kappa shape index (κ1) is 21.1. The van der Waals surface area contributed by atoms with Gasteiger partial charge in [0.25, 0.3) is 0 Å². The van der Waals surface area contributed by atoms with Crippen molar-refractivity contribution in [3.8, 4) is 0 Å². The van der Waals surface area contributed by atoms with E-state index in [9.17, 15) is 4.57 Å². The number of rotatable bonds is 15. The quantitative estimate of drug-likeness (QED) is 0.304. The van der Waals surface area contributed by atoms with Crippen LogP contribution in [-0.2, 0) is 4.57 Å². The average molecular weight is 321 g/mol. The van der Waals surface area contributed by atoms with Crippen molar-refractivity contribution >= 4 is 7.60 Å². The first-order valence-corrected chi connectivity index (χ1v) is 10.6. The Morgan fingerprint density at radius 2 is 1.24 bits per heavy atom.